The van der Waals surface area contributed by atoms with Gasteiger partial charge in [-0.25, -0.2) is 4.79 Å². The highest BCUT2D eigenvalue weighted by atomic mass is 35.5. The number of benzene rings is 1. The Bertz CT molecular complexity index is 675. The number of carboxylic acids is 1. The molecule has 0 radical (unpaired) electrons. The van der Waals surface area contributed by atoms with Crippen molar-refractivity contribution in [2.45, 2.75) is 6.92 Å². The first kappa shape index (κ1) is 14.4. The summed E-state index contributed by atoms with van der Waals surface area (Å²) in [7, 11) is 0. The first-order chi connectivity index (χ1) is 9.38. The summed E-state index contributed by atoms with van der Waals surface area (Å²) in [6, 6.07) is 5.88. The monoisotopic (exact) mass is 312 g/mol. The fourth-order valence-electron chi connectivity index (χ4n) is 1.61. The molecule has 0 bridgehead atoms. The van der Waals surface area contributed by atoms with Crippen molar-refractivity contribution >= 4 is 40.8 Å². The number of aromatic amines is 1. The lowest BCUT2D eigenvalue weighted by Gasteiger charge is -2.08. The molecule has 1 amide bonds. The van der Waals surface area contributed by atoms with E-state index in [0.717, 1.165) is 5.56 Å². The number of aromatic carboxylic acids is 1. The van der Waals surface area contributed by atoms with Gasteiger partial charge in [-0.3, -0.25) is 4.79 Å². The molecule has 2 rings (SSSR count). The lowest BCUT2D eigenvalue weighted by molar-refractivity contribution is 0.0696. The van der Waals surface area contributed by atoms with Crippen LogP contribution < -0.4 is 5.32 Å². The smallest absolute Gasteiger partial charge is 0.335 e. The number of hydrogen-bond donors (Lipinski definition) is 3. The number of nitrogens with one attached hydrogen (secondary N) is 2. The van der Waals surface area contributed by atoms with Crippen molar-refractivity contribution in [1.29, 1.82) is 0 Å². The number of aryl methyl sites for hydroxylation is 1. The molecule has 0 unspecified atom stereocenters. The van der Waals surface area contributed by atoms with E-state index in [1.807, 2.05) is 0 Å². The molecular formula is C13H10Cl2N2O3. The summed E-state index contributed by atoms with van der Waals surface area (Å²) in [5.74, 6) is -1.52. The van der Waals surface area contributed by atoms with Crippen molar-refractivity contribution in [1.82, 2.24) is 4.98 Å². The minimum atomic E-state index is -1.06. The Morgan fingerprint density at radius 1 is 1.25 bits per heavy atom. The zero-order valence-electron chi connectivity index (χ0n) is 10.3. The van der Waals surface area contributed by atoms with Gasteiger partial charge in [0.15, 0.2) is 0 Å². The molecule has 3 N–H and O–H groups in total. The molecule has 104 valence electrons. The second-order valence-electron chi connectivity index (χ2n) is 4.13. The van der Waals surface area contributed by atoms with E-state index in [4.69, 9.17) is 28.3 Å². The van der Waals surface area contributed by atoms with E-state index in [1.165, 1.54) is 18.2 Å². The summed E-state index contributed by atoms with van der Waals surface area (Å²) < 4.78 is 0. The van der Waals surface area contributed by atoms with Gasteiger partial charge in [-0.2, -0.15) is 0 Å². The largest absolute Gasteiger partial charge is 0.478 e. The quantitative estimate of drug-likeness (QED) is 0.810. The number of carbonyl (C=O) groups excluding carboxylic acids is 1. The van der Waals surface area contributed by atoms with E-state index < -0.39 is 11.9 Å². The molecule has 0 spiro atoms. The van der Waals surface area contributed by atoms with Gasteiger partial charge < -0.3 is 15.4 Å². The molecule has 1 aromatic carbocycles. The van der Waals surface area contributed by atoms with E-state index in [9.17, 15) is 9.59 Å². The van der Waals surface area contributed by atoms with Gasteiger partial charge in [0.1, 0.15) is 10.8 Å². The third kappa shape index (κ3) is 2.95. The molecule has 7 heteroatoms. The van der Waals surface area contributed by atoms with Crippen LogP contribution in [0.3, 0.4) is 0 Å². The fraction of sp³-hybridized carbons (Fsp3) is 0.0769. The van der Waals surface area contributed by atoms with Gasteiger partial charge in [0.05, 0.1) is 10.6 Å². The van der Waals surface area contributed by atoms with Crippen molar-refractivity contribution in [2.75, 3.05) is 5.32 Å². The minimum absolute atomic E-state index is 0.0912. The molecule has 0 atom stereocenters. The van der Waals surface area contributed by atoms with Crippen LogP contribution in [0.1, 0.15) is 26.4 Å². The Morgan fingerprint density at radius 3 is 2.50 bits per heavy atom. The molecule has 0 aliphatic heterocycles. The van der Waals surface area contributed by atoms with Crippen molar-refractivity contribution in [2.24, 2.45) is 0 Å². The third-order valence-corrected chi connectivity index (χ3v) is 3.40. The van der Waals surface area contributed by atoms with Gasteiger partial charge in [0.25, 0.3) is 5.91 Å². The zero-order chi connectivity index (χ0) is 14.9. The summed E-state index contributed by atoms with van der Waals surface area (Å²) >= 11 is 11.5. The molecule has 20 heavy (non-hydrogen) atoms. The fourth-order valence-corrected chi connectivity index (χ4v) is 1.92. The summed E-state index contributed by atoms with van der Waals surface area (Å²) in [6.07, 6.45) is 0. The van der Waals surface area contributed by atoms with E-state index >= 15 is 0 Å². The van der Waals surface area contributed by atoms with Crippen LogP contribution >= 0.6 is 23.2 Å². The Hall–Kier alpha value is -1.98. The molecule has 0 saturated carbocycles. The first-order valence-electron chi connectivity index (χ1n) is 5.58. The van der Waals surface area contributed by atoms with Crippen molar-refractivity contribution in [3.8, 4) is 0 Å². The summed E-state index contributed by atoms with van der Waals surface area (Å²) in [4.78, 5) is 25.5. The molecule has 5 nitrogen and oxygen atoms in total. The maximum absolute atomic E-state index is 12.0. The number of rotatable bonds is 3. The van der Waals surface area contributed by atoms with Gasteiger partial charge in [0, 0.05) is 5.69 Å². The van der Waals surface area contributed by atoms with Gasteiger partial charge >= 0.3 is 5.97 Å². The highest BCUT2D eigenvalue weighted by molar-refractivity contribution is 6.41. The van der Waals surface area contributed by atoms with Gasteiger partial charge in [-0.1, -0.05) is 29.3 Å². The molecular weight excluding hydrogens is 303 g/mol. The second-order valence-corrected chi connectivity index (χ2v) is 4.92. The van der Waals surface area contributed by atoms with E-state index in [-0.39, 0.29) is 21.4 Å². The van der Waals surface area contributed by atoms with Crippen LogP contribution in [0.4, 0.5) is 5.69 Å². The van der Waals surface area contributed by atoms with Crippen molar-refractivity contribution < 1.29 is 14.7 Å². The topological polar surface area (TPSA) is 82.2 Å². The molecule has 0 aliphatic rings. The van der Waals surface area contributed by atoms with Crippen LogP contribution in [-0.4, -0.2) is 22.0 Å². The number of hydrogen-bond acceptors (Lipinski definition) is 2. The van der Waals surface area contributed by atoms with Gasteiger partial charge in [0.2, 0.25) is 0 Å². The molecule has 2 aromatic rings. The van der Waals surface area contributed by atoms with Crippen molar-refractivity contribution in [3.05, 3.63) is 51.3 Å². The van der Waals surface area contributed by atoms with Crippen LogP contribution in [0.25, 0.3) is 0 Å². The van der Waals surface area contributed by atoms with Crippen LogP contribution in [-0.2, 0) is 0 Å². The second kappa shape index (κ2) is 5.56. The normalized spacial score (nSPS) is 10.3. The Kier molecular flexibility index (Phi) is 4.01. The lowest BCUT2D eigenvalue weighted by Crippen LogP contribution is -2.13. The minimum Gasteiger partial charge on any atom is -0.478 e. The number of H-pyrrole nitrogens is 1. The summed E-state index contributed by atoms with van der Waals surface area (Å²) in [5, 5.41) is 12.0. The van der Waals surface area contributed by atoms with E-state index in [2.05, 4.69) is 10.3 Å². The number of carboxylic acid groups (broad SMARTS) is 1. The average Bonchev–Trinajstić information content (AvgIpc) is 2.72. The number of anilines is 1. The van der Waals surface area contributed by atoms with E-state index in [0.29, 0.717) is 5.69 Å². The Balaban J connectivity index is 2.27. The summed E-state index contributed by atoms with van der Waals surface area (Å²) in [6.45, 7) is 1.76. The number of carbonyl (C=O) groups is 2. The number of aromatic nitrogens is 1. The first-order valence-corrected chi connectivity index (χ1v) is 6.33. The molecule has 0 aliphatic carbocycles. The van der Waals surface area contributed by atoms with Crippen LogP contribution in [0.5, 0.6) is 0 Å². The maximum atomic E-state index is 12.0. The van der Waals surface area contributed by atoms with Crippen LogP contribution in [0.2, 0.25) is 10.2 Å². The number of halogens is 2. The van der Waals surface area contributed by atoms with Gasteiger partial charge in [-0.05, 0) is 30.7 Å². The SMILES string of the molecule is Cc1ccc(C(=O)O)cc1NC(=O)c1cc(Cl)c(Cl)[nH]1. The van der Waals surface area contributed by atoms with E-state index in [1.54, 1.807) is 13.0 Å². The highest BCUT2D eigenvalue weighted by Crippen LogP contribution is 2.23. The van der Waals surface area contributed by atoms with Crippen LogP contribution in [0, 0.1) is 6.92 Å². The maximum Gasteiger partial charge on any atom is 0.335 e. The molecule has 1 aromatic heterocycles. The van der Waals surface area contributed by atoms with Crippen molar-refractivity contribution in [3.63, 3.8) is 0 Å². The van der Waals surface area contributed by atoms with Crippen LogP contribution in [0.15, 0.2) is 24.3 Å². The predicted octanol–water partition coefficient (Wildman–Crippen LogP) is 3.58. The molecule has 0 fully saturated rings. The highest BCUT2D eigenvalue weighted by Gasteiger charge is 2.14. The summed E-state index contributed by atoms with van der Waals surface area (Å²) in [5.41, 5.74) is 1.44. The third-order valence-electron chi connectivity index (χ3n) is 2.70. The zero-order valence-corrected chi connectivity index (χ0v) is 11.8. The number of amides is 1. The standard InChI is InChI=1S/C13H10Cl2N2O3/c1-6-2-3-7(13(19)20)4-9(6)17-12(18)10-5-8(14)11(15)16-10/h2-5,16H,1H3,(H,17,18)(H,19,20). The predicted molar refractivity (Wildman–Crippen MR) is 76.9 cm³/mol. The average molecular weight is 313 g/mol. The lowest BCUT2D eigenvalue weighted by atomic mass is 10.1. The Morgan fingerprint density at radius 2 is 1.95 bits per heavy atom. The van der Waals surface area contributed by atoms with Gasteiger partial charge in [-0.15, -0.1) is 0 Å². The molecule has 1 heterocycles. The Labute approximate surface area is 124 Å². The molecule has 0 saturated heterocycles.